The van der Waals surface area contributed by atoms with Gasteiger partial charge < -0.3 is 9.47 Å². The van der Waals surface area contributed by atoms with Crippen molar-refractivity contribution in [2.45, 2.75) is 65.2 Å². The SMILES string of the molecule is COC(=O)CCC(=O)OCC1(C)CCCC2(C)C3CCC(=O)C=C3C(=O)CC12. The number of carbonyl (C=O) groups excluding carboxylic acids is 4. The van der Waals surface area contributed by atoms with Crippen LogP contribution in [0.25, 0.3) is 0 Å². The van der Waals surface area contributed by atoms with Crippen LogP contribution >= 0.6 is 0 Å². The van der Waals surface area contributed by atoms with Crippen LogP contribution in [0.4, 0.5) is 0 Å². The summed E-state index contributed by atoms with van der Waals surface area (Å²) in [6.45, 7) is 4.61. The van der Waals surface area contributed by atoms with Crippen LogP contribution in [0, 0.1) is 22.7 Å². The van der Waals surface area contributed by atoms with Crippen LogP contribution in [0.3, 0.4) is 0 Å². The topological polar surface area (TPSA) is 86.7 Å². The van der Waals surface area contributed by atoms with E-state index in [0.717, 1.165) is 25.7 Å². The second kappa shape index (κ2) is 7.80. The maximum Gasteiger partial charge on any atom is 0.306 e. The van der Waals surface area contributed by atoms with E-state index in [-0.39, 0.29) is 53.7 Å². The molecule has 0 bridgehead atoms. The van der Waals surface area contributed by atoms with E-state index in [9.17, 15) is 19.2 Å². The maximum atomic E-state index is 12.8. The Balaban J connectivity index is 1.74. The summed E-state index contributed by atoms with van der Waals surface area (Å²) in [5.74, 6) is -0.483. The molecule has 0 radical (unpaired) electrons. The van der Waals surface area contributed by atoms with Gasteiger partial charge in [-0.25, -0.2) is 0 Å². The van der Waals surface area contributed by atoms with Crippen molar-refractivity contribution in [1.82, 2.24) is 0 Å². The highest BCUT2D eigenvalue weighted by Gasteiger charge is 2.57. The summed E-state index contributed by atoms with van der Waals surface area (Å²) in [5, 5.41) is 0. The average molecular weight is 390 g/mol. The molecule has 3 rings (SSSR count). The molecule has 2 saturated carbocycles. The van der Waals surface area contributed by atoms with E-state index in [0.29, 0.717) is 18.4 Å². The number of esters is 2. The molecule has 0 heterocycles. The fourth-order valence-corrected chi connectivity index (χ4v) is 5.76. The van der Waals surface area contributed by atoms with Crippen LogP contribution in [-0.4, -0.2) is 37.2 Å². The van der Waals surface area contributed by atoms with Gasteiger partial charge >= 0.3 is 11.9 Å². The van der Waals surface area contributed by atoms with Crippen molar-refractivity contribution < 1.29 is 28.7 Å². The third-order valence-electron chi connectivity index (χ3n) is 7.30. The summed E-state index contributed by atoms with van der Waals surface area (Å²) in [4.78, 5) is 48.0. The zero-order valence-electron chi connectivity index (χ0n) is 17.0. The van der Waals surface area contributed by atoms with E-state index in [4.69, 9.17) is 4.74 Å². The molecule has 0 aromatic rings. The Bertz CT molecular complexity index is 723. The van der Waals surface area contributed by atoms with E-state index in [1.54, 1.807) is 6.08 Å². The Hall–Kier alpha value is -1.98. The van der Waals surface area contributed by atoms with Gasteiger partial charge in [0.05, 0.1) is 26.6 Å². The predicted octanol–water partition coefficient (Wildman–Crippen LogP) is 3.17. The normalized spacial score (nSPS) is 34.8. The van der Waals surface area contributed by atoms with E-state index in [1.807, 2.05) is 0 Å². The second-order valence-corrected chi connectivity index (χ2v) is 9.09. The highest BCUT2D eigenvalue weighted by atomic mass is 16.5. The number of hydrogen-bond acceptors (Lipinski definition) is 6. The van der Waals surface area contributed by atoms with Crippen LogP contribution in [0.2, 0.25) is 0 Å². The number of fused-ring (bicyclic) bond motifs is 3. The Morgan fingerprint density at radius 3 is 2.57 bits per heavy atom. The van der Waals surface area contributed by atoms with Gasteiger partial charge in [-0.3, -0.25) is 19.2 Å². The quantitative estimate of drug-likeness (QED) is 0.670. The molecular weight excluding hydrogens is 360 g/mol. The number of ketones is 2. The third kappa shape index (κ3) is 3.78. The van der Waals surface area contributed by atoms with Crippen molar-refractivity contribution in [1.29, 1.82) is 0 Å². The van der Waals surface area contributed by atoms with Crippen molar-refractivity contribution in [2.75, 3.05) is 13.7 Å². The van der Waals surface area contributed by atoms with Crippen LogP contribution in [0.1, 0.15) is 65.2 Å². The van der Waals surface area contributed by atoms with Crippen molar-refractivity contribution in [3.05, 3.63) is 11.6 Å². The van der Waals surface area contributed by atoms with E-state index < -0.39 is 11.9 Å². The first kappa shape index (κ1) is 20.7. The molecule has 0 aromatic carbocycles. The second-order valence-electron chi connectivity index (χ2n) is 9.09. The minimum atomic E-state index is -0.433. The van der Waals surface area contributed by atoms with Crippen LogP contribution in [0.5, 0.6) is 0 Å². The fourth-order valence-electron chi connectivity index (χ4n) is 5.76. The van der Waals surface area contributed by atoms with Gasteiger partial charge in [-0.15, -0.1) is 0 Å². The summed E-state index contributed by atoms with van der Waals surface area (Å²) >= 11 is 0. The van der Waals surface area contributed by atoms with E-state index in [2.05, 4.69) is 18.6 Å². The Kier molecular flexibility index (Phi) is 5.78. The molecule has 4 unspecified atom stereocenters. The standard InChI is InChI=1S/C22H30O6/c1-21(13-28-20(26)8-7-19(25)27-3)9-4-10-22(2)16-6-5-14(23)11-15(16)17(24)12-18(21)22/h11,16,18H,4-10,12-13H2,1-3H3. The van der Waals surface area contributed by atoms with Gasteiger partial charge in [-0.05, 0) is 42.6 Å². The molecular formula is C22H30O6. The lowest BCUT2D eigenvalue weighted by molar-refractivity contribution is -0.159. The molecule has 4 atom stereocenters. The minimum Gasteiger partial charge on any atom is -0.469 e. The average Bonchev–Trinajstić information content (AvgIpc) is 2.66. The van der Waals surface area contributed by atoms with Gasteiger partial charge in [0.1, 0.15) is 0 Å². The first-order valence-corrected chi connectivity index (χ1v) is 10.2. The molecule has 2 fully saturated rings. The first-order valence-electron chi connectivity index (χ1n) is 10.2. The smallest absolute Gasteiger partial charge is 0.306 e. The summed E-state index contributed by atoms with van der Waals surface area (Å²) in [5.41, 5.74) is 0.372. The molecule has 154 valence electrons. The number of ether oxygens (including phenoxy) is 2. The van der Waals surface area contributed by atoms with Crippen LogP contribution in [-0.2, 0) is 28.7 Å². The van der Waals surface area contributed by atoms with Crippen molar-refractivity contribution in [2.24, 2.45) is 22.7 Å². The van der Waals surface area contributed by atoms with Gasteiger partial charge in [0, 0.05) is 23.8 Å². The molecule has 0 aromatic heterocycles. The lowest BCUT2D eigenvalue weighted by atomic mass is 9.46. The largest absolute Gasteiger partial charge is 0.469 e. The Morgan fingerprint density at radius 1 is 1.14 bits per heavy atom. The van der Waals surface area contributed by atoms with Crippen LogP contribution < -0.4 is 0 Å². The van der Waals surface area contributed by atoms with Gasteiger partial charge in [-0.1, -0.05) is 20.3 Å². The summed E-state index contributed by atoms with van der Waals surface area (Å²) in [6.07, 6.45) is 6.16. The zero-order chi connectivity index (χ0) is 20.5. The maximum absolute atomic E-state index is 12.8. The van der Waals surface area contributed by atoms with Crippen molar-refractivity contribution in [3.8, 4) is 0 Å². The van der Waals surface area contributed by atoms with E-state index >= 15 is 0 Å². The highest BCUT2D eigenvalue weighted by molar-refractivity contribution is 6.05. The molecule has 3 aliphatic carbocycles. The molecule has 3 aliphatic rings. The lowest BCUT2D eigenvalue weighted by Crippen LogP contribution is -2.55. The molecule has 0 amide bonds. The molecule has 0 aliphatic heterocycles. The molecule has 0 N–H and O–H groups in total. The summed E-state index contributed by atoms with van der Waals surface area (Å²) in [6, 6.07) is 0. The monoisotopic (exact) mass is 390 g/mol. The van der Waals surface area contributed by atoms with Crippen molar-refractivity contribution >= 4 is 23.5 Å². The third-order valence-corrected chi connectivity index (χ3v) is 7.30. The molecule has 6 nitrogen and oxygen atoms in total. The van der Waals surface area contributed by atoms with Gasteiger partial charge in [-0.2, -0.15) is 0 Å². The molecule has 28 heavy (non-hydrogen) atoms. The number of carbonyl (C=O) groups is 4. The zero-order valence-corrected chi connectivity index (χ0v) is 17.0. The first-order chi connectivity index (χ1) is 13.2. The predicted molar refractivity (Wildman–Crippen MR) is 101 cm³/mol. The van der Waals surface area contributed by atoms with Crippen molar-refractivity contribution in [3.63, 3.8) is 0 Å². The van der Waals surface area contributed by atoms with Gasteiger partial charge in [0.25, 0.3) is 0 Å². The minimum absolute atomic E-state index is 0.00123. The number of rotatable bonds is 5. The number of Topliss-reactive ketones (excluding diaryl/α,β-unsaturated/α-hetero) is 1. The number of allylic oxidation sites excluding steroid dienone is 2. The fraction of sp³-hybridized carbons (Fsp3) is 0.727. The molecule has 6 heteroatoms. The number of methoxy groups -OCH3 is 1. The van der Waals surface area contributed by atoms with Gasteiger partial charge in [0.2, 0.25) is 0 Å². The Morgan fingerprint density at radius 2 is 1.86 bits per heavy atom. The van der Waals surface area contributed by atoms with E-state index in [1.165, 1.54) is 7.11 Å². The molecule has 0 saturated heterocycles. The molecule has 0 spiro atoms. The summed E-state index contributed by atoms with van der Waals surface area (Å²) < 4.78 is 10.1. The number of hydrogen-bond donors (Lipinski definition) is 0. The Labute approximate surface area is 166 Å². The van der Waals surface area contributed by atoms with Crippen LogP contribution in [0.15, 0.2) is 11.6 Å². The summed E-state index contributed by atoms with van der Waals surface area (Å²) in [7, 11) is 1.29. The lowest BCUT2D eigenvalue weighted by Gasteiger charge is -2.58. The highest BCUT2D eigenvalue weighted by Crippen LogP contribution is 2.61. The van der Waals surface area contributed by atoms with Gasteiger partial charge in [0.15, 0.2) is 11.6 Å².